The molecule has 2 fully saturated rings. The van der Waals surface area contributed by atoms with Gasteiger partial charge in [0.05, 0.1) is 0 Å². The summed E-state index contributed by atoms with van der Waals surface area (Å²) in [6.45, 7) is 7.95. The van der Waals surface area contributed by atoms with Gasteiger partial charge in [-0.15, -0.1) is 0 Å². The first kappa shape index (κ1) is 11.7. The molecule has 2 bridgehead atoms. The number of carbonyl (C=O) groups is 1. The van der Waals surface area contributed by atoms with Gasteiger partial charge in [-0.25, -0.2) is 4.79 Å². The Morgan fingerprint density at radius 2 is 1.88 bits per heavy atom. The van der Waals surface area contributed by atoms with Gasteiger partial charge in [0.2, 0.25) is 0 Å². The maximum atomic E-state index is 12.1. The van der Waals surface area contributed by atoms with Crippen molar-refractivity contribution >= 4 is 6.03 Å². The van der Waals surface area contributed by atoms with E-state index in [1.165, 1.54) is 12.8 Å². The van der Waals surface area contributed by atoms with E-state index in [1.54, 1.807) is 4.90 Å². The number of fused-ring (bicyclic) bond motifs is 2. The Hall–Kier alpha value is -0.730. The number of carbonyl (C=O) groups excluding carboxylic acids is 1. The van der Waals surface area contributed by atoms with Crippen LogP contribution < -0.4 is 0 Å². The first-order valence-electron chi connectivity index (χ1n) is 6.20. The molecule has 1 aliphatic carbocycles. The molecule has 2 aliphatic rings. The Balaban J connectivity index is 2.19. The van der Waals surface area contributed by atoms with Crippen molar-refractivity contribution in [1.29, 1.82) is 0 Å². The minimum absolute atomic E-state index is 0.187. The van der Waals surface area contributed by atoms with Gasteiger partial charge < -0.3 is 9.80 Å². The van der Waals surface area contributed by atoms with Crippen LogP contribution in [0.5, 0.6) is 0 Å². The van der Waals surface area contributed by atoms with E-state index in [9.17, 15) is 4.79 Å². The molecule has 1 saturated heterocycles. The fourth-order valence-electron chi connectivity index (χ4n) is 3.94. The van der Waals surface area contributed by atoms with E-state index in [0.717, 1.165) is 13.0 Å². The molecule has 2 amide bonds. The number of amides is 2. The summed E-state index contributed by atoms with van der Waals surface area (Å²) in [5.74, 6) is 0. The molecule has 0 aromatic carbocycles. The molecule has 2 rings (SSSR count). The summed E-state index contributed by atoms with van der Waals surface area (Å²) in [7, 11) is 3.69. The predicted octanol–water partition coefficient (Wildman–Crippen LogP) is 2.57. The Morgan fingerprint density at radius 3 is 2.44 bits per heavy atom. The first-order valence-corrected chi connectivity index (χ1v) is 6.20. The lowest BCUT2D eigenvalue weighted by Crippen LogP contribution is -2.43. The molecule has 92 valence electrons. The molecule has 0 radical (unpaired) electrons. The third kappa shape index (κ3) is 1.92. The zero-order chi connectivity index (χ0) is 12.1. The number of urea groups is 1. The normalized spacial score (nSPS) is 36.3. The third-order valence-electron chi connectivity index (χ3n) is 4.04. The van der Waals surface area contributed by atoms with Crippen molar-refractivity contribution in [3.8, 4) is 0 Å². The van der Waals surface area contributed by atoms with E-state index < -0.39 is 0 Å². The van der Waals surface area contributed by atoms with E-state index >= 15 is 0 Å². The van der Waals surface area contributed by atoms with Crippen molar-refractivity contribution in [2.75, 3.05) is 20.6 Å². The van der Waals surface area contributed by atoms with Crippen LogP contribution >= 0.6 is 0 Å². The average molecular weight is 224 g/mol. The Kier molecular flexibility index (Phi) is 2.48. The van der Waals surface area contributed by atoms with Crippen LogP contribution in [0.1, 0.15) is 40.0 Å². The van der Waals surface area contributed by atoms with Crippen LogP contribution in [0.4, 0.5) is 4.79 Å². The second kappa shape index (κ2) is 3.38. The molecule has 0 unspecified atom stereocenters. The number of likely N-dealkylation sites (tertiary alicyclic amines) is 1. The number of nitrogens with zero attached hydrogens (tertiary/aromatic N) is 2. The molecule has 1 heterocycles. The van der Waals surface area contributed by atoms with Crippen molar-refractivity contribution in [2.24, 2.45) is 10.8 Å². The lowest BCUT2D eigenvalue weighted by molar-refractivity contribution is 0.125. The monoisotopic (exact) mass is 224 g/mol. The highest BCUT2D eigenvalue weighted by Crippen LogP contribution is 2.52. The van der Waals surface area contributed by atoms with E-state index in [-0.39, 0.29) is 6.03 Å². The van der Waals surface area contributed by atoms with Crippen LogP contribution in [0.3, 0.4) is 0 Å². The lowest BCUT2D eigenvalue weighted by Gasteiger charge is -2.39. The molecule has 2 atom stereocenters. The van der Waals surface area contributed by atoms with Gasteiger partial charge in [-0.05, 0) is 30.1 Å². The molecule has 0 spiro atoms. The van der Waals surface area contributed by atoms with Crippen LogP contribution in [0, 0.1) is 10.8 Å². The van der Waals surface area contributed by atoms with Crippen molar-refractivity contribution in [3.05, 3.63) is 0 Å². The zero-order valence-electron chi connectivity index (χ0n) is 11.2. The fraction of sp³-hybridized carbons (Fsp3) is 0.923. The molecule has 1 saturated carbocycles. The highest BCUT2D eigenvalue weighted by Gasteiger charge is 2.51. The highest BCUT2D eigenvalue weighted by atomic mass is 16.2. The van der Waals surface area contributed by atoms with E-state index in [0.29, 0.717) is 16.9 Å². The SMILES string of the molecule is CN(C)C(=O)N1C[C@]2(C)C[C@@H]1CC(C)(C)C2. The summed E-state index contributed by atoms with van der Waals surface area (Å²) in [5.41, 5.74) is 0.733. The van der Waals surface area contributed by atoms with Crippen LogP contribution in [0.15, 0.2) is 0 Å². The van der Waals surface area contributed by atoms with Crippen molar-refractivity contribution < 1.29 is 4.79 Å². The second-order valence-corrected chi connectivity index (χ2v) is 7.02. The maximum Gasteiger partial charge on any atom is 0.319 e. The van der Waals surface area contributed by atoms with Gasteiger partial charge in [-0.1, -0.05) is 20.8 Å². The summed E-state index contributed by atoms with van der Waals surface area (Å²) < 4.78 is 0. The van der Waals surface area contributed by atoms with Crippen molar-refractivity contribution in [1.82, 2.24) is 9.80 Å². The summed E-state index contributed by atoms with van der Waals surface area (Å²) >= 11 is 0. The minimum atomic E-state index is 0.187. The Bertz CT molecular complexity index is 311. The van der Waals surface area contributed by atoms with Gasteiger partial charge in [0.25, 0.3) is 0 Å². The van der Waals surface area contributed by atoms with Crippen molar-refractivity contribution in [3.63, 3.8) is 0 Å². The minimum Gasteiger partial charge on any atom is -0.331 e. The maximum absolute atomic E-state index is 12.1. The standard InChI is InChI=1S/C13H24N2O/c1-12(2)6-10-7-13(3,8-12)9-15(10)11(16)14(4)5/h10H,6-9H2,1-5H3/t10-,13+/m0/s1. The van der Waals surface area contributed by atoms with E-state index in [1.807, 2.05) is 14.1 Å². The molecule has 0 aromatic heterocycles. The second-order valence-electron chi connectivity index (χ2n) is 7.02. The lowest BCUT2D eigenvalue weighted by atomic mass is 9.65. The number of rotatable bonds is 0. The molecule has 3 heteroatoms. The number of hydrogen-bond acceptors (Lipinski definition) is 1. The number of hydrogen-bond donors (Lipinski definition) is 0. The first-order chi connectivity index (χ1) is 7.22. The molecule has 0 N–H and O–H groups in total. The molecular weight excluding hydrogens is 200 g/mol. The van der Waals surface area contributed by atoms with Gasteiger partial charge in [0.1, 0.15) is 0 Å². The topological polar surface area (TPSA) is 23.6 Å². The summed E-state index contributed by atoms with van der Waals surface area (Å²) in [4.78, 5) is 15.9. The molecule has 0 aromatic rings. The van der Waals surface area contributed by atoms with E-state index in [4.69, 9.17) is 0 Å². The van der Waals surface area contributed by atoms with Gasteiger partial charge >= 0.3 is 6.03 Å². The van der Waals surface area contributed by atoms with E-state index in [2.05, 4.69) is 25.7 Å². The van der Waals surface area contributed by atoms with Gasteiger partial charge in [-0.3, -0.25) is 0 Å². The van der Waals surface area contributed by atoms with Crippen molar-refractivity contribution in [2.45, 2.75) is 46.1 Å². The quantitative estimate of drug-likeness (QED) is 0.620. The van der Waals surface area contributed by atoms with Gasteiger partial charge in [0.15, 0.2) is 0 Å². The van der Waals surface area contributed by atoms with Crippen LogP contribution in [0.25, 0.3) is 0 Å². The largest absolute Gasteiger partial charge is 0.331 e. The van der Waals surface area contributed by atoms with Crippen LogP contribution in [0.2, 0.25) is 0 Å². The smallest absolute Gasteiger partial charge is 0.319 e. The van der Waals surface area contributed by atoms with Crippen LogP contribution in [-0.2, 0) is 0 Å². The molecular formula is C13H24N2O. The van der Waals surface area contributed by atoms with Crippen LogP contribution in [-0.4, -0.2) is 42.5 Å². The van der Waals surface area contributed by atoms with Gasteiger partial charge in [0, 0.05) is 26.7 Å². The Labute approximate surface area is 98.8 Å². The predicted molar refractivity (Wildman–Crippen MR) is 65.3 cm³/mol. The highest BCUT2D eigenvalue weighted by molar-refractivity contribution is 5.74. The molecule has 1 aliphatic heterocycles. The van der Waals surface area contributed by atoms with Gasteiger partial charge in [-0.2, -0.15) is 0 Å². The summed E-state index contributed by atoms with van der Waals surface area (Å²) in [5, 5.41) is 0. The fourth-order valence-corrected chi connectivity index (χ4v) is 3.94. The zero-order valence-corrected chi connectivity index (χ0v) is 11.2. The summed E-state index contributed by atoms with van der Waals surface area (Å²) in [6, 6.07) is 0.648. The molecule has 16 heavy (non-hydrogen) atoms. The molecule has 3 nitrogen and oxygen atoms in total. The average Bonchev–Trinajstić information content (AvgIpc) is 2.33. The Morgan fingerprint density at radius 1 is 1.25 bits per heavy atom. The third-order valence-corrected chi connectivity index (χ3v) is 4.04. The summed E-state index contributed by atoms with van der Waals surface area (Å²) in [6.07, 6.45) is 3.59.